The summed E-state index contributed by atoms with van der Waals surface area (Å²) in [5, 5.41) is 13.8. The molecule has 0 aliphatic carbocycles. The SMILES string of the molecule is CNB[C@@H]1O[C@H](COC(c2ccccc2)(c2ccc(OC)cc2)c2ccc(OC)cc2)[C@H](C)C1O. The molecule has 0 amide bonds. The normalized spacial score (nSPS) is 22.1. The van der Waals surface area contributed by atoms with E-state index in [2.05, 4.69) is 17.4 Å². The van der Waals surface area contributed by atoms with Crippen LogP contribution in [0.2, 0.25) is 0 Å². The van der Waals surface area contributed by atoms with E-state index in [-0.39, 0.29) is 18.0 Å². The van der Waals surface area contributed by atoms with Crippen LogP contribution in [-0.2, 0) is 15.1 Å². The molecule has 7 heteroatoms. The lowest BCUT2D eigenvalue weighted by atomic mass is 9.79. The molecule has 3 aromatic carbocycles. The van der Waals surface area contributed by atoms with Gasteiger partial charge in [0.25, 0.3) is 0 Å². The van der Waals surface area contributed by atoms with Crippen molar-refractivity contribution in [3.05, 3.63) is 95.6 Å². The van der Waals surface area contributed by atoms with Crippen LogP contribution in [0.25, 0.3) is 0 Å². The highest BCUT2D eigenvalue weighted by Crippen LogP contribution is 2.42. The minimum absolute atomic E-state index is 0.0615. The summed E-state index contributed by atoms with van der Waals surface area (Å²) in [5.74, 6) is 1.49. The average molecular weight is 475 g/mol. The van der Waals surface area contributed by atoms with Crippen molar-refractivity contribution in [1.29, 1.82) is 0 Å². The first-order valence-electron chi connectivity index (χ1n) is 12.0. The third-order valence-electron chi connectivity index (χ3n) is 6.90. The van der Waals surface area contributed by atoms with Crippen LogP contribution < -0.4 is 14.7 Å². The van der Waals surface area contributed by atoms with Crippen molar-refractivity contribution in [3.63, 3.8) is 0 Å². The smallest absolute Gasteiger partial charge is 0.237 e. The lowest BCUT2D eigenvalue weighted by molar-refractivity contribution is -0.0594. The fraction of sp³-hybridized carbons (Fsp3) is 0.357. The Morgan fingerprint density at radius 1 is 0.857 bits per heavy atom. The van der Waals surface area contributed by atoms with Gasteiger partial charge in [0.05, 0.1) is 39.0 Å². The molecule has 2 N–H and O–H groups in total. The number of methoxy groups -OCH3 is 2. The van der Waals surface area contributed by atoms with Crippen LogP contribution in [0.1, 0.15) is 23.6 Å². The molecule has 6 nitrogen and oxygen atoms in total. The monoisotopic (exact) mass is 475 g/mol. The molecule has 1 saturated heterocycles. The maximum Gasteiger partial charge on any atom is 0.237 e. The zero-order valence-electron chi connectivity index (χ0n) is 20.8. The number of rotatable bonds is 10. The molecule has 1 fully saturated rings. The van der Waals surface area contributed by atoms with Gasteiger partial charge in [0.15, 0.2) is 0 Å². The van der Waals surface area contributed by atoms with Gasteiger partial charge < -0.3 is 29.3 Å². The van der Waals surface area contributed by atoms with Gasteiger partial charge in [-0.05, 0) is 48.0 Å². The maximum absolute atomic E-state index is 10.7. The first-order chi connectivity index (χ1) is 17.0. The van der Waals surface area contributed by atoms with Crippen LogP contribution >= 0.6 is 0 Å². The average Bonchev–Trinajstić information content (AvgIpc) is 3.18. The van der Waals surface area contributed by atoms with E-state index in [9.17, 15) is 5.11 Å². The van der Waals surface area contributed by atoms with Crippen molar-refractivity contribution in [2.24, 2.45) is 5.92 Å². The summed E-state index contributed by atoms with van der Waals surface area (Å²) in [4.78, 5) is 0. The van der Waals surface area contributed by atoms with E-state index < -0.39 is 11.7 Å². The van der Waals surface area contributed by atoms with Crippen LogP contribution in [0, 0.1) is 5.92 Å². The zero-order valence-corrected chi connectivity index (χ0v) is 20.8. The molecular weight excluding hydrogens is 441 g/mol. The molecule has 0 bridgehead atoms. The molecule has 1 unspecified atom stereocenters. The Hall–Kier alpha value is -2.84. The van der Waals surface area contributed by atoms with Gasteiger partial charge in [-0.15, -0.1) is 0 Å². The number of aliphatic hydroxyl groups is 1. The Morgan fingerprint density at radius 2 is 1.37 bits per heavy atom. The van der Waals surface area contributed by atoms with Crippen molar-refractivity contribution in [1.82, 2.24) is 5.23 Å². The fourth-order valence-corrected chi connectivity index (χ4v) is 4.83. The molecule has 4 rings (SSSR count). The molecule has 0 aromatic heterocycles. The summed E-state index contributed by atoms with van der Waals surface area (Å²) in [6.45, 7) is 2.32. The number of aliphatic hydroxyl groups excluding tert-OH is 1. The predicted octanol–water partition coefficient (Wildman–Crippen LogP) is 3.31. The number of hydrogen-bond donors (Lipinski definition) is 2. The fourth-order valence-electron chi connectivity index (χ4n) is 4.83. The Bertz CT molecular complexity index is 1010. The third kappa shape index (κ3) is 5.09. The largest absolute Gasteiger partial charge is 0.497 e. The molecule has 1 aliphatic heterocycles. The second kappa shape index (κ2) is 11.3. The van der Waals surface area contributed by atoms with Crippen molar-refractivity contribution < 1.29 is 24.1 Å². The summed E-state index contributed by atoms with van der Waals surface area (Å²) in [5.41, 5.74) is 2.02. The van der Waals surface area contributed by atoms with E-state index in [0.29, 0.717) is 14.0 Å². The van der Waals surface area contributed by atoms with Crippen LogP contribution in [-0.4, -0.2) is 58.6 Å². The molecular formula is C28H34BNO5. The molecule has 35 heavy (non-hydrogen) atoms. The summed E-state index contributed by atoms with van der Waals surface area (Å²) < 4.78 is 24.0. The maximum atomic E-state index is 10.7. The third-order valence-corrected chi connectivity index (χ3v) is 6.90. The second-order valence-electron chi connectivity index (χ2n) is 8.94. The number of ether oxygens (including phenoxy) is 4. The van der Waals surface area contributed by atoms with E-state index in [1.54, 1.807) is 14.2 Å². The highest BCUT2D eigenvalue weighted by atomic mass is 16.6. The molecule has 0 radical (unpaired) electrons. The van der Waals surface area contributed by atoms with Crippen LogP contribution in [0.5, 0.6) is 11.5 Å². The van der Waals surface area contributed by atoms with Crippen LogP contribution in [0.3, 0.4) is 0 Å². The van der Waals surface area contributed by atoms with Gasteiger partial charge >= 0.3 is 0 Å². The summed E-state index contributed by atoms with van der Waals surface area (Å²) in [6.07, 6.45) is -0.799. The van der Waals surface area contributed by atoms with Gasteiger partial charge in [0.1, 0.15) is 17.1 Å². The summed E-state index contributed by atoms with van der Waals surface area (Å²) in [7, 11) is 5.76. The first kappa shape index (κ1) is 25.3. The highest BCUT2D eigenvalue weighted by Gasteiger charge is 2.44. The topological polar surface area (TPSA) is 69.2 Å². The van der Waals surface area contributed by atoms with Gasteiger partial charge in [-0.2, -0.15) is 0 Å². The van der Waals surface area contributed by atoms with Gasteiger partial charge in [0.2, 0.25) is 7.41 Å². The van der Waals surface area contributed by atoms with Crippen molar-refractivity contribution in [2.45, 2.75) is 30.7 Å². The van der Waals surface area contributed by atoms with Crippen LogP contribution in [0.4, 0.5) is 0 Å². The molecule has 4 atom stereocenters. The zero-order chi connectivity index (χ0) is 24.8. The van der Waals surface area contributed by atoms with Gasteiger partial charge in [-0.3, -0.25) is 0 Å². The van der Waals surface area contributed by atoms with E-state index in [4.69, 9.17) is 18.9 Å². The molecule has 0 saturated carbocycles. The minimum atomic E-state index is -0.908. The van der Waals surface area contributed by atoms with Gasteiger partial charge in [-0.25, -0.2) is 0 Å². The Kier molecular flexibility index (Phi) is 8.13. The minimum Gasteiger partial charge on any atom is -0.497 e. The van der Waals surface area contributed by atoms with Gasteiger partial charge in [-0.1, -0.05) is 61.5 Å². The van der Waals surface area contributed by atoms with Crippen LogP contribution in [0.15, 0.2) is 78.9 Å². The first-order valence-corrected chi connectivity index (χ1v) is 12.0. The summed E-state index contributed by atoms with van der Waals surface area (Å²) in [6, 6.07) is 25.8. The molecule has 0 spiro atoms. The van der Waals surface area contributed by atoms with E-state index >= 15 is 0 Å². The van der Waals surface area contributed by atoms with Crippen molar-refractivity contribution in [3.8, 4) is 11.5 Å². The number of benzene rings is 3. The highest BCUT2D eigenvalue weighted by molar-refractivity contribution is 6.34. The Morgan fingerprint density at radius 3 is 1.86 bits per heavy atom. The molecule has 184 valence electrons. The van der Waals surface area contributed by atoms with Crippen molar-refractivity contribution >= 4 is 7.41 Å². The van der Waals surface area contributed by atoms with Crippen molar-refractivity contribution in [2.75, 3.05) is 27.9 Å². The standard InChI is InChI=1S/C28H34BNO5/c1-19-25(35-27(26(19)31)29-30-2)18-34-28(20-8-6-5-7-9-20,21-10-14-23(32-3)15-11-21)22-12-16-24(33-4)17-13-22/h5-17,19,25-27,29-31H,18H2,1-4H3/t19-,25+,26?,27+/m0/s1. The molecule has 1 aliphatic rings. The Labute approximate surface area is 208 Å². The second-order valence-corrected chi connectivity index (χ2v) is 8.94. The number of hydrogen-bond acceptors (Lipinski definition) is 6. The lowest BCUT2D eigenvalue weighted by Crippen LogP contribution is -2.37. The molecule has 3 aromatic rings. The van der Waals surface area contributed by atoms with E-state index in [1.165, 1.54) is 0 Å². The molecule has 1 heterocycles. The Balaban J connectivity index is 1.79. The summed E-state index contributed by atoms with van der Waals surface area (Å²) >= 11 is 0. The predicted molar refractivity (Wildman–Crippen MR) is 138 cm³/mol. The van der Waals surface area contributed by atoms with E-state index in [1.807, 2.05) is 80.7 Å². The number of nitrogens with one attached hydrogen (secondary N) is 1. The quantitative estimate of drug-likeness (QED) is 0.347. The van der Waals surface area contributed by atoms with E-state index in [0.717, 1.165) is 28.2 Å². The lowest BCUT2D eigenvalue weighted by Gasteiger charge is -2.37. The van der Waals surface area contributed by atoms with Gasteiger partial charge in [0, 0.05) is 5.92 Å².